The van der Waals surface area contributed by atoms with Gasteiger partial charge in [-0.05, 0) is 74.4 Å². The predicted molar refractivity (Wildman–Crippen MR) is 187 cm³/mol. The summed E-state index contributed by atoms with van der Waals surface area (Å²) in [5.41, 5.74) is 9.96. The monoisotopic (exact) mass is 566 g/mol. The van der Waals surface area contributed by atoms with Crippen LogP contribution in [0, 0.1) is 0 Å². The Morgan fingerprint density at radius 1 is 0.279 bits per heavy atom. The largest absolute Gasteiger partial charge is 0.0622 e. The van der Waals surface area contributed by atoms with Gasteiger partial charge >= 0.3 is 0 Å². The molecule has 7 aromatic rings. The molecular formula is C42H31P. The van der Waals surface area contributed by atoms with Crippen LogP contribution in [0.5, 0.6) is 0 Å². The molecule has 0 saturated heterocycles. The van der Waals surface area contributed by atoms with Crippen LogP contribution in [0.15, 0.2) is 188 Å². The highest BCUT2D eigenvalue weighted by atomic mass is 31.1. The zero-order chi connectivity index (χ0) is 28.8. The van der Waals surface area contributed by atoms with Gasteiger partial charge in [0, 0.05) is 0 Å². The molecule has 0 N–H and O–H groups in total. The molecule has 1 heteroatoms. The molecule has 0 nitrogen and oxygen atoms in total. The van der Waals surface area contributed by atoms with Gasteiger partial charge in [0.15, 0.2) is 0 Å². The van der Waals surface area contributed by atoms with E-state index >= 15 is 0 Å². The Labute approximate surface area is 255 Å². The van der Waals surface area contributed by atoms with Crippen LogP contribution in [-0.4, -0.2) is 0 Å². The minimum atomic E-state index is -0.885. The molecule has 0 radical (unpaired) electrons. The van der Waals surface area contributed by atoms with Crippen LogP contribution < -0.4 is 15.9 Å². The van der Waals surface area contributed by atoms with Gasteiger partial charge in [0.25, 0.3) is 0 Å². The summed E-state index contributed by atoms with van der Waals surface area (Å²) in [6.45, 7) is 0. The molecule has 0 bridgehead atoms. The first-order valence-corrected chi connectivity index (χ1v) is 16.1. The maximum absolute atomic E-state index is 2.50. The summed E-state index contributed by atoms with van der Waals surface area (Å²) >= 11 is 0. The van der Waals surface area contributed by atoms with Gasteiger partial charge in [0.1, 0.15) is 0 Å². The van der Waals surface area contributed by atoms with E-state index < -0.39 is 7.92 Å². The lowest BCUT2D eigenvalue weighted by Crippen LogP contribution is -2.23. The van der Waals surface area contributed by atoms with Crippen molar-refractivity contribution >= 4 is 23.8 Å². The van der Waals surface area contributed by atoms with Gasteiger partial charge in [-0.2, -0.15) is 0 Å². The molecule has 0 aromatic heterocycles. The quantitative estimate of drug-likeness (QED) is 0.168. The topological polar surface area (TPSA) is 0 Å². The van der Waals surface area contributed by atoms with Crippen molar-refractivity contribution in [2.75, 3.05) is 0 Å². The Kier molecular flexibility index (Phi) is 7.78. The summed E-state index contributed by atoms with van der Waals surface area (Å²) in [6, 6.07) is 68.3. The van der Waals surface area contributed by atoms with E-state index in [0.29, 0.717) is 0 Å². The van der Waals surface area contributed by atoms with Gasteiger partial charge in [-0.15, -0.1) is 0 Å². The molecule has 0 spiro atoms. The van der Waals surface area contributed by atoms with Crippen molar-refractivity contribution in [1.29, 1.82) is 0 Å². The first kappa shape index (κ1) is 26.8. The van der Waals surface area contributed by atoms with Crippen LogP contribution in [0.1, 0.15) is 0 Å². The van der Waals surface area contributed by atoms with Crippen LogP contribution in [0.3, 0.4) is 0 Å². The highest BCUT2D eigenvalue weighted by molar-refractivity contribution is 7.80. The third-order valence-corrected chi connectivity index (χ3v) is 10.3. The van der Waals surface area contributed by atoms with Crippen molar-refractivity contribution in [2.24, 2.45) is 0 Å². The van der Waals surface area contributed by atoms with E-state index in [1.807, 2.05) is 0 Å². The summed E-state index contributed by atoms with van der Waals surface area (Å²) in [5.74, 6) is 0. The lowest BCUT2D eigenvalue weighted by molar-refractivity contribution is 1.56. The molecule has 0 aliphatic heterocycles. The second-order valence-electron chi connectivity index (χ2n) is 10.5. The summed E-state index contributed by atoms with van der Waals surface area (Å²) < 4.78 is 0. The van der Waals surface area contributed by atoms with Crippen LogP contribution in [0.25, 0.3) is 44.5 Å². The lowest BCUT2D eigenvalue weighted by Gasteiger charge is -2.29. The SMILES string of the molecule is c1ccc(-c2cc(P(c3ccccc3)c3ccccc3)c(-c3ccccc3)c(-c3ccccc3)c2-c2ccccc2)cc1. The van der Waals surface area contributed by atoms with E-state index in [-0.39, 0.29) is 0 Å². The van der Waals surface area contributed by atoms with Gasteiger partial charge in [-0.3, -0.25) is 0 Å². The number of hydrogen-bond acceptors (Lipinski definition) is 0. The van der Waals surface area contributed by atoms with Crippen molar-refractivity contribution in [3.63, 3.8) is 0 Å². The molecule has 0 unspecified atom stereocenters. The van der Waals surface area contributed by atoms with Crippen LogP contribution in [0.4, 0.5) is 0 Å². The highest BCUT2D eigenvalue weighted by Crippen LogP contribution is 2.49. The maximum Gasteiger partial charge on any atom is -0.00139 e. The molecule has 0 amide bonds. The van der Waals surface area contributed by atoms with E-state index in [2.05, 4.69) is 188 Å². The number of rotatable bonds is 7. The van der Waals surface area contributed by atoms with E-state index in [1.165, 1.54) is 60.4 Å². The molecule has 43 heavy (non-hydrogen) atoms. The molecule has 0 atom stereocenters. The second kappa shape index (κ2) is 12.5. The fourth-order valence-corrected chi connectivity index (χ4v) is 8.48. The molecule has 7 rings (SSSR count). The van der Waals surface area contributed by atoms with Crippen LogP contribution in [-0.2, 0) is 0 Å². The third-order valence-electron chi connectivity index (χ3n) is 7.85. The average Bonchev–Trinajstić information content (AvgIpc) is 3.10. The molecule has 0 aliphatic rings. The van der Waals surface area contributed by atoms with Crippen molar-refractivity contribution in [3.8, 4) is 44.5 Å². The second-order valence-corrected chi connectivity index (χ2v) is 12.7. The van der Waals surface area contributed by atoms with Gasteiger partial charge in [-0.25, -0.2) is 0 Å². The van der Waals surface area contributed by atoms with Gasteiger partial charge in [0.2, 0.25) is 0 Å². The summed E-state index contributed by atoms with van der Waals surface area (Å²) in [7, 11) is -0.885. The number of hydrogen-bond donors (Lipinski definition) is 0. The molecular weight excluding hydrogens is 535 g/mol. The van der Waals surface area contributed by atoms with Gasteiger partial charge < -0.3 is 0 Å². The van der Waals surface area contributed by atoms with E-state index in [1.54, 1.807) is 0 Å². The maximum atomic E-state index is 2.50. The summed E-state index contributed by atoms with van der Waals surface area (Å²) in [4.78, 5) is 0. The third kappa shape index (κ3) is 5.46. The molecule has 7 aromatic carbocycles. The molecule has 0 aliphatic carbocycles. The zero-order valence-electron chi connectivity index (χ0n) is 23.8. The Morgan fingerprint density at radius 3 is 1.02 bits per heavy atom. The lowest BCUT2D eigenvalue weighted by atomic mass is 9.83. The molecule has 0 heterocycles. The normalized spacial score (nSPS) is 11.0. The summed E-state index contributed by atoms with van der Waals surface area (Å²) in [5, 5.41) is 4.04. The molecule has 0 saturated carbocycles. The molecule has 204 valence electrons. The zero-order valence-corrected chi connectivity index (χ0v) is 24.7. The summed E-state index contributed by atoms with van der Waals surface area (Å²) in [6.07, 6.45) is 0. The Balaban J connectivity index is 1.70. The minimum absolute atomic E-state index is 0.885. The smallest absolute Gasteiger partial charge is 0.00139 e. The Hall–Kier alpha value is -5.03. The van der Waals surface area contributed by atoms with Crippen LogP contribution >= 0.6 is 7.92 Å². The Morgan fingerprint density at radius 2 is 0.605 bits per heavy atom. The average molecular weight is 567 g/mol. The van der Waals surface area contributed by atoms with Gasteiger partial charge in [-0.1, -0.05) is 182 Å². The van der Waals surface area contributed by atoms with Crippen molar-refractivity contribution in [2.45, 2.75) is 0 Å². The highest BCUT2D eigenvalue weighted by Gasteiger charge is 2.28. The first-order valence-electron chi connectivity index (χ1n) is 14.7. The Bertz CT molecular complexity index is 1880. The van der Waals surface area contributed by atoms with Crippen molar-refractivity contribution in [3.05, 3.63) is 188 Å². The first-order chi connectivity index (χ1) is 21.4. The fraction of sp³-hybridized carbons (Fsp3) is 0. The van der Waals surface area contributed by atoms with Crippen molar-refractivity contribution in [1.82, 2.24) is 0 Å². The standard InChI is InChI=1S/C42H31P/c1-7-19-32(20-8-1)38-31-39(43(36-27-15-5-16-28-36)37-29-17-6-18-30-37)41(34-23-11-3-12-24-34)42(35-25-13-4-14-26-35)40(38)33-21-9-2-10-22-33/h1-31H. The van der Waals surface area contributed by atoms with E-state index in [4.69, 9.17) is 0 Å². The van der Waals surface area contributed by atoms with Crippen LogP contribution in [0.2, 0.25) is 0 Å². The number of benzene rings is 7. The van der Waals surface area contributed by atoms with Crippen molar-refractivity contribution < 1.29 is 0 Å². The fourth-order valence-electron chi connectivity index (χ4n) is 5.97. The minimum Gasteiger partial charge on any atom is -0.0622 e. The van der Waals surface area contributed by atoms with E-state index in [0.717, 1.165) is 0 Å². The van der Waals surface area contributed by atoms with E-state index in [9.17, 15) is 0 Å². The molecule has 0 fully saturated rings. The van der Waals surface area contributed by atoms with Gasteiger partial charge in [0.05, 0.1) is 0 Å². The predicted octanol–water partition coefficient (Wildman–Crippen LogP) is 10.1.